The zero-order valence-electron chi connectivity index (χ0n) is 32.7. The number of nitrogens with zero attached hydrogens (tertiary/aromatic N) is 3. The molecule has 3 heteroatoms. The fourth-order valence-electron chi connectivity index (χ4n) is 8.50. The van der Waals surface area contributed by atoms with Crippen LogP contribution in [0.4, 0.5) is 0 Å². The largest absolute Gasteiger partial charge is 0.248 e. The summed E-state index contributed by atoms with van der Waals surface area (Å²) in [5.41, 5.74) is 14.9. The van der Waals surface area contributed by atoms with Gasteiger partial charge in [-0.2, -0.15) is 0 Å². The van der Waals surface area contributed by atoms with Gasteiger partial charge in [0.2, 0.25) is 0 Å². The van der Waals surface area contributed by atoms with Crippen molar-refractivity contribution in [3.8, 4) is 78.5 Å². The van der Waals surface area contributed by atoms with E-state index in [0.717, 1.165) is 66.8 Å². The lowest BCUT2D eigenvalue weighted by Gasteiger charge is -2.15. The first kappa shape index (κ1) is 35.2. The number of benzene rings is 9. The zero-order chi connectivity index (χ0) is 39.8. The van der Waals surface area contributed by atoms with E-state index in [-0.39, 0.29) is 0 Å². The van der Waals surface area contributed by atoms with Crippen molar-refractivity contribution in [2.75, 3.05) is 0 Å². The molecule has 0 spiro atoms. The summed E-state index contributed by atoms with van der Waals surface area (Å²) in [5, 5.41) is 5.85. The van der Waals surface area contributed by atoms with Gasteiger partial charge in [-0.05, 0) is 79.2 Å². The molecule has 11 aromatic rings. The van der Waals surface area contributed by atoms with Crippen molar-refractivity contribution >= 4 is 32.4 Å². The Morgan fingerprint density at radius 1 is 0.250 bits per heavy atom. The molecule has 0 bridgehead atoms. The van der Waals surface area contributed by atoms with Gasteiger partial charge in [0.1, 0.15) is 0 Å². The average Bonchev–Trinajstić information content (AvgIpc) is 3.34. The van der Waals surface area contributed by atoms with Crippen LogP contribution in [0.2, 0.25) is 0 Å². The van der Waals surface area contributed by atoms with Gasteiger partial charge in [-0.1, -0.05) is 200 Å². The minimum absolute atomic E-state index is 0.695. The van der Waals surface area contributed by atoms with E-state index < -0.39 is 0 Å². The summed E-state index contributed by atoms with van der Waals surface area (Å²) in [4.78, 5) is 15.7. The lowest BCUT2D eigenvalue weighted by atomic mass is 9.92. The Balaban J connectivity index is 0.991. The summed E-state index contributed by atoms with van der Waals surface area (Å²) in [7, 11) is 0. The van der Waals surface area contributed by atoms with Gasteiger partial charge in [-0.15, -0.1) is 0 Å². The van der Waals surface area contributed by atoms with Crippen LogP contribution in [-0.2, 0) is 0 Å². The van der Waals surface area contributed by atoms with Gasteiger partial charge in [-0.25, -0.2) is 15.0 Å². The van der Waals surface area contributed by atoms with Crippen LogP contribution in [0.25, 0.3) is 111 Å². The lowest BCUT2D eigenvalue weighted by Crippen LogP contribution is -1.97. The highest BCUT2D eigenvalue weighted by atomic mass is 14.9. The first-order chi connectivity index (χ1) is 29.7. The first-order valence-electron chi connectivity index (χ1n) is 20.3. The Morgan fingerprint density at radius 3 is 1.33 bits per heavy atom. The molecule has 0 fully saturated rings. The van der Waals surface area contributed by atoms with E-state index in [1.165, 1.54) is 38.4 Å². The molecular weight excluding hydrogens is 727 g/mol. The van der Waals surface area contributed by atoms with Gasteiger partial charge in [0.15, 0.2) is 5.82 Å². The molecule has 2 aromatic heterocycles. The fraction of sp³-hybridized carbons (Fsp3) is 0. The Labute approximate surface area is 349 Å². The van der Waals surface area contributed by atoms with Crippen molar-refractivity contribution in [1.29, 1.82) is 0 Å². The highest BCUT2D eigenvalue weighted by Crippen LogP contribution is 2.39. The molecule has 0 radical (unpaired) electrons. The van der Waals surface area contributed by atoms with Crippen molar-refractivity contribution in [2.45, 2.75) is 0 Å². The smallest absolute Gasteiger partial charge is 0.161 e. The zero-order valence-corrected chi connectivity index (χ0v) is 32.7. The normalized spacial score (nSPS) is 11.3. The second kappa shape index (κ2) is 15.1. The minimum Gasteiger partial charge on any atom is -0.248 e. The standard InChI is InChI=1S/C57H37N3/c1-4-14-38(15-5-1)39-24-28-45(29-25-39)55-37-54(43-19-8-3-9-20-43)59-57(60-55)50-34-33-46(48-22-12-13-23-49(48)50)42-26-30-44(31-27-42)53-36-51(40-16-6-2-7-17-40)56-47-21-11-10-18-41(47)32-35-52(56)58-53/h1-37H. The van der Waals surface area contributed by atoms with Crippen molar-refractivity contribution < 1.29 is 0 Å². The average molecular weight is 764 g/mol. The van der Waals surface area contributed by atoms with Gasteiger partial charge in [0.05, 0.1) is 22.6 Å². The number of aromatic nitrogens is 3. The van der Waals surface area contributed by atoms with Crippen molar-refractivity contribution in [3.05, 3.63) is 224 Å². The Bertz CT molecular complexity index is 3320. The fourth-order valence-corrected chi connectivity index (χ4v) is 8.50. The third kappa shape index (κ3) is 6.49. The summed E-state index contributed by atoms with van der Waals surface area (Å²) in [6, 6.07) is 79.2. The molecule has 11 rings (SSSR count). The van der Waals surface area contributed by atoms with Crippen LogP contribution < -0.4 is 0 Å². The van der Waals surface area contributed by atoms with Gasteiger partial charge < -0.3 is 0 Å². The van der Waals surface area contributed by atoms with Crippen LogP contribution in [0.5, 0.6) is 0 Å². The summed E-state index contributed by atoms with van der Waals surface area (Å²) >= 11 is 0. The maximum Gasteiger partial charge on any atom is 0.161 e. The minimum atomic E-state index is 0.695. The van der Waals surface area contributed by atoms with E-state index in [0.29, 0.717) is 5.82 Å². The van der Waals surface area contributed by atoms with Gasteiger partial charge >= 0.3 is 0 Å². The molecule has 0 saturated carbocycles. The molecule has 0 saturated heterocycles. The number of hydrogen-bond acceptors (Lipinski definition) is 3. The van der Waals surface area contributed by atoms with E-state index in [4.69, 9.17) is 15.0 Å². The SMILES string of the molecule is c1ccc(-c2ccc(-c3cc(-c4ccccc4)nc(-c4ccc(-c5ccc(-c6cc(-c7ccccc7)c7c(ccc8ccccc87)n6)cc5)c5ccccc45)n3)cc2)cc1. The molecule has 0 aliphatic rings. The van der Waals surface area contributed by atoms with Gasteiger partial charge in [-0.3, -0.25) is 0 Å². The van der Waals surface area contributed by atoms with Crippen LogP contribution in [0.15, 0.2) is 224 Å². The monoisotopic (exact) mass is 763 g/mol. The lowest BCUT2D eigenvalue weighted by molar-refractivity contribution is 1.19. The molecule has 2 heterocycles. The Kier molecular flexibility index (Phi) is 8.83. The van der Waals surface area contributed by atoms with Crippen LogP contribution in [0, 0.1) is 0 Å². The van der Waals surface area contributed by atoms with E-state index in [1.807, 2.05) is 12.1 Å². The van der Waals surface area contributed by atoms with Gasteiger partial charge in [0, 0.05) is 27.6 Å². The second-order valence-electron chi connectivity index (χ2n) is 15.2. The summed E-state index contributed by atoms with van der Waals surface area (Å²) in [6.07, 6.45) is 0. The highest BCUT2D eigenvalue weighted by molar-refractivity contribution is 6.14. The third-order valence-corrected chi connectivity index (χ3v) is 11.5. The summed E-state index contributed by atoms with van der Waals surface area (Å²) in [6.45, 7) is 0. The van der Waals surface area contributed by atoms with E-state index in [9.17, 15) is 0 Å². The number of fused-ring (bicyclic) bond motifs is 4. The maximum atomic E-state index is 5.25. The predicted molar refractivity (Wildman–Crippen MR) is 250 cm³/mol. The molecule has 0 aliphatic heterocycles. The molecule has 0 amide bonds. The number of rotatable bonds is 7. The van der Waals surface area contributed by atoms with E-state index in [2.05, 4.69) is 212 Å². The van der Waals surface area contributed by atoms with E-state index >= 15 is 0 Å². The van der Waals surface area contributed by atoms with Crippen LogP contribution in [0.3, 0.4) is 0 Å². The Hall–Kier alpha value is -8.01. The number of pyridine rings is 1. The van der Waals surface area contributed by atoms with Crippen molar-refractivity contribution in [1.82, 2.24) is 15.0 Å². The summed E-state index contributed by atoms with van der Waals surface area (Å²) < 4.78 is 0. The highest BCUT2D eigenvalue weighted by Gasteiger charge is 2.17. The Morgan fingerprint density at radius 2 is 0.683 bits per heavy atom. The van der Waals surface area contributed by atoms with Crippen LogP contribution >= 0.6 is 0 Å². The topological polar surface area (TPSA) is 38.7 Å². The quantitative estimate of drug-likeness (QED) is 0.152. The first-order valence-corrected chi connectivity index (χ1v) is 20.3. The molecule has 280 valence electrons. The van der Waals surface area contributed by atoms with Gasteiger partial charge in [0.25, 0.3) is 0 Å². The third-order valence-electron chi connectivity index (χ3n) is 11.5. The molecule has 60 heavy (non-hydrogen) atoms. The second-order valence-corrected chi connectivity index (χ2v) is 15.2. The number of hydrogen-bond donors (Lipinski definition) is 0. The maximum absolute atomic E-state index is 5.25. The predicted octanol–water partition coefficient (Wildman–Crippen LogP) is 15.0. The molecule has 0 unspecified atom stereocenters. The molecular formula is C57H37N3. The molecule has 0 atom stereocenters. The van der Waals surface area contributed by atoms with E-state index in [1.54, 1.807) is 0 Å². The van der Waals surface area contributed by atoms with Crippen LogP contribution in [0.1, 0.15) is 0 Å². The van der Waals surface area contributed by atoms with Crippen molar-refractivity contribution in [3.63, 3.8) is 0 Å². The summed E-state index contributed by atoms with van der Waals surface area (Å²) in [5.74, 6) is 0.695. The molecule has 3 nitrogen and oxygen atoms in total. The van der Waals surface area contributed by atoms with Crippen LogP contribution in [-0.4, -0.2) is 15.0 Å². The molecule has 9 aromatic carbocycles. The van der Waals surface area contributed by atoms with Crippen molar-refractivity contribution in [2.24, 2.45) is 0 Å². The molecule has 0 N–H and O–H groups in total. The molecule has 0 aliphatic carbocycles.